The molecule has 2 aliphatic carbocycles. The lowest BCUT2D eigenvalue weighted by molar-refractivity contribution is 0.102. The number of anilines is 1. The zero-order valence-corrected chi connectivity index (χ0v) is 15.6. The van der Waals surface area contributed by atoms with Crippen LogP contribution in [-0.2, 0) is 0 Å². The molecule has 7 heteroatoms. The molecule has 2 fully saturated rings. The van der Waals surface area contributed by atoms with Crippen molar-refractivity contribution in [3.63, 3.8) is 0 Å². The van der Waals surface area contributed by atoms with Gasteiger partial charge in [0.1, 0.15) is 5.82 Å². The molecule has 0 bridgehead atoms. The van der Waals surface area contributed by atoms with E-state index in [0.29, 0.717) is 17.3 Å². The monoisotopic (exact) mass is 377 g/mol. The molecule has 2 saturated carbocycles. The van der Waals surface area contributed by atoms with Crippen molar-refractivity contribution in [3.8, 4) is 0 Å². The number of aromatic nitrogens is 4. The maximum absolute atomic E-state index is 12.7. The van der Waals surface area contributed by atoms with E-state index in [1.807, 2.05) is 12.3 Å². The molecule has 2 N–H and O–H groups in total. The predicted octanol–water partition coefficient (Wildman–Crippen LogP) is 3.13. The van der Waals surface area contributed by atoms with Gasteiger partial charge in [0.25, 0.3) is 5.91 Å². The van der Waals surface area contributed by atoms with Gasteiger partial charge in [0.15, 0.2) is 5.65 Å². The minimum absolute atomic E-state index is 0.170. The van der Waals surface area contributed by atoms with E-state index in [1.54, 1.807) is 29.0 Å². The molecular weight excluding hydrogens is 354 g/mol. The van der Waals surface area contributed by atoms with Crippen LogP contribution in [0.25, 0.3) is 5.65 Å². The van der Waals surface area contributed by atoms with Crippen molar-refractivity contribution < 1.29 is 9.90 Å². The van der Waals surface area contributed by atoms with Crippen LogP contribution in [0.15, 0.2) is 36.8 Å². The molecule has 2 atom stereocenters. The second-order valence-corrected chi connectivity index (χ2v) is 7.85. The van der Waals surface area contributed by atoms with Gasteiger partial charge in [-0.05, 0) is 49.7 Å². The summed E-state index contributed by atoms with van der Waals surface area (Å²) in [6.07, 6.45) is 10.5. The summed E-state index contributed by atoms with van der Waals surface area (Å²) in [4.78, 5) is 21.7. The molecule has 0 radical (unpaired) electrons. The fourth-order valence-corrected chi connectivity index (χ4v) is 4.29. The first-order valence-corrected chi connectivity index (χ1v) is 9.95. The quantitative estimate of drug-likeness (QED) is 0.713. The van der Waals surface area contributed by atoms with Crippen molar-refractivity contribution in [2.75, 3.05) is 11.9 Å². The average molecular weight is 377 g/mol. The molecule has 1 amide bonds. The summed E-state index contributed by atoms with van der Waals surface area (Å²) >= 11 is 0. The Hall–Kier alpha value is -2.80. The number of pyridine rings is 1. The topological polar surface area (TPSA) is 92.4 Å². The molecule has 3 aromatic rings. The molecule has 144 valence electrons. The van der Waals surface area contributed by atoms with E-state index in [2.05, 4.69) is 15.4 Å². The van der Waals surface area contributed by atoms with Crippen LogP contribution in [0, 0.1) is 5.92 Å². The van der Waals surface area contributed by atoms with Crippen LogP contribution in [0.4, 0.5) is 5.82 Å². The number of aliphatic hydroxyl groups excluding tert-OH is 1. The third-order valence-electron chi connectivity index (χ3n) is 5.97. The molecule has 2 aliphatic rings. The van der Waals surface area contributed by atoms with Gasteiger partial charge >= 0.3 is 0 Å². The number of hydrogen-bond donors (Lipinski definition) is 2. The summed E-state index contributed by atoms with van der Waals surface area (Å²) in [6, 6.07) is 5.40. The van der Waals surface area contributed by atoms with Gasteiger partial charge in [-0.1, -0.05) is 6.42 Å². The zero-order chi connectivity index (χ0) is 19.1. The van der Waals surface area contributed by atoms with Crippen molar-refractivity contribution in [2.24, 2.45) is 5.92 Å². The van der Waals surface area contributed by atoms with E-state index in [0.717, 1.165) is 49.0 Å². The summed E-state index contributed by atoms with van der Waals surface area (Å²) in [6.45, 7) is 0.170. The predicted molar refractivity (Wildman–Crippen MR) is 104 cm³/mol. The van der Waals surface area contributed by atoms with E-state index in [4.69, 9.17) is 4.98 Å². The molecule has 5 rings (SSSR count). The lowest BCUT2D eigenvalue weighted by Crippen LogP contribution is -2.18. The van der Waals surface area contributed by atoms with Gasteiger partial charge in [-0.15, -0.1) is 0 Å². The Morgan fingerprint density at radius 3 is 2.89 bits per heavy atom. The first kappa shape index (κ1) is 17.3. The molecule has 3 heterocycles. The van der Waals surface area contributed by atoms with Crippen LogP contribution in [0.5, 0.6) is 0 Å². The smallest absolute Gasteiger partial charge is 0.258 e. The summed E-state index contributed by atoms with van der Waals surface area (Å²) < 4.78 is 1.73. The van der Waals surface area contributed by atoms with E-state index in [-0.39, 0.29) is 24.3 Å². The van der Waals surface area contributed by atoms with Crippen LogP contribution in [0.1, 0.15) is 65.6 Å². The Kier molecular flexibility index (Phi) is 4.31. The van der Waals surface area contributed by atoms with Crippen LogP contribution >= 0.6 is 0 Å². The van der Waals surface area contributed by atoms with E-state index >= 15 is 0 Å². The minimum Gasteiger partial charge on any atom is -0.396 e. The Labute approximate surface area is 162 Å². The Balaban J connectivity index is 1.57. The van der Waals surface area contributed by atoms with Crippen molar-refractivity contribution in [1.82, 2.24) is 19.6 Å². The lowest BCUT2D eigenvalue weighted by Gasteiger charge is -2.18. The third-order valence-corrected chi connectivity index (χ3v) is 5.97. The Morgan fingerprint density at radius 2 is 2.14 bits per heavy atom. The first-order chi connectivity index (χ1) is 13.7. The van der Waals surface area contributed by atoms with Crippen LogP contribution in [0.2, 0.25) is 0 Å². The molecule has 0 aliphatic heterocycles. The highest BCUT2D eigenvalue weighted by molar-refractivity contribution is 6.03. The second-order valence-electron chi connectivity index (χ2n) is 7.85. The second kappa shape index (κ2) is 6.98. The zero-order valence-electron chi connectivity index (χ0n) is 15.6. The molecule has 7 nitrogen and oxygen atoms in total. The summed E-state index contributed by atoms with van der Waals surface area (Å²) in [5.74, 6) is 1.35. The number of carbonyl (C=O) groups is 1. The standard InChI is InChI=1S/C21H23N5O2/c27-12-15-3-1-5-16(15)18-9-19(25-21(28)14-4-2-8-22-10-14)26-20(24-18)17(11-23-26)13-6-7-13/h2,4,8-11,13,15-16,27H,1,3,5-7,12H2,(H,25,28)/t15-,16?/m1/s1. The van der Waals surface area contributed by atoms with Crippen molar-refractivity contribution in [1.29, 1.82) is 0 Å². The first-order valence-electron chi connectivity index (χ1n) is 9.95. The molecule has 28 heavy (non-hydrogen) atoms. The fourth-order valence-electron chi connectivity index (χ4n) is 4.29. The van der Waals surface area contributed by atoms with Crippen LogP contribution in [-0.4, -0.2) is 37.2 Å². The number of carbonyl (C=O) groups excluding carboxylic acids is 1. The van der Waals surface area contributed by atoms with Gasteiger partial charge in [-0.2, -0.15) is 9.61 Å². The highest BCUT2D eigenvalue weighted by atomic mass is 16.3. The average Bonchev–Trinajstić information content (AvgIpc) is 3.29. The van der Waals surface area contributed by atoms with E-state index in [9.17, 15) is 9.90 Å². The fraction of sp³-hybridized carbons (Fsp3) is 0.429. The minimum atomic E-state index is -0.222. The van der Waals surface area contributed by atoms with Crippen LogP contribution < -0.4 is 5.32 Å². The van der Waals surface area contributed by atoms with Gasteiger partial charge in [0.05, 0.1) is 17.5 Å². The molecule has 0 spiro atoms. The Bertz CT molecular complexity index is 1010. The van der Waals surface area contributed by atoms with E-state index in [1.165, 1.54) is 0 Å². The highest BCUT2D eigenvalue weighted by Gasteiger charge is 2.32. The number of hydrogen-bond acceptors (Lipinski definition) is 5. The largest absolute Gasteiger partial charge is 0.396 e. The number of nitrogens with one attached hydrogen (secondary N) is 1. The maximum atomic E-state index is 12.7. The number of rotatable bonds is 5. The maximum Gasteiger partial charge on any atom is 0.258 e. The van der Waals surface area contributed by atoms with Gasteiger partial charge in [-0.25, -0.2) is 4.98 Å². The van der Waals surface area contributed by atoms with Crippen molar-refractivity contribution in [2.45, 2.75) is 43.9 Å². The van der Waals surface area contributed by atoms with Gasteiger partial charge in [-0.3, -0.25) is 9.78 Å². The molecule has 0 saturated heterocycles. The molecular formula is C21H23N5O2. The molecule has 3 aromatic heterocycles. The van der Waals surface area contributed by atoms with Gasteiger partial charge < -0.3 is 10.4 Å². The molecule has 1 unspecified atom stereocenters. The summed E-state index contributed by atoms with van der Waals surface area (Å²) in [5.41, 5.74) is 3.41. The summed E-state index contributed by atoms with van der Waals surface area (Å²) in [7, 11) is 0. The molecule has 0 aromatic carbocycles. The lowest BCUT2D eigenvalue weighted by atomic mass is 9.93. The Morgan fingerprint density at radius 1 is 1.25 bits per heavy atom. The SMILES string of the molecule is O=C(Nc1cc(C2CCC[C@@H]2CO)nc2c(C3CC3)cnn12)c1cccnc1. The summed E-state index contributed by atoms with van der Waals surface area (Å²) in [5, 5.41) is 17.3. The number of fused-ring (bicyclic) bond motifs is 1. The van der Waals surface area contributed by atoms with Gasteiger partial charge in [0.2, 0.25) is 0 Å². The van der Waals surface area contributed by atoms with E-state index < -0.39 is 0 Å². The number of aliphatic hydroxyl groups is 1. The number of amides is 1. The third kappa shape index (κ3) is 3.05. The van der Waals surface area contributed by atoms with Crippen molar-refractivity contribution in [3.05, 3.63) is 53.6 Å². The van der Waals surface area contributed by atoms with Crippen molar-refractivity contribution >= 4 is 17.4 Å². The van der Waals surface area contributed by atoms with Gasteiger partial charge in [0, 0.05) is 36.5 Å². The normalized spacial score (nSPS) is 21.9. The number of nitrogens with zero attached hydrogens (tertiary/aromatic N) is 4. The highest BCUT2D eigenvalue weighted by Crippen LogP contribution is 2.43. The van der Waals surface area contributed by atoms with Crippen LogP contribution in [0.3, 0.4) is 0 Å².